The summed E-state index contributed by atoms with van der Waals surface area (Å²) in [7, 11) is 0. The third-order valence-electron chi connectivity index (χ3n) is 2.70. The highest BCUT2D eigenvalue weighted by atomic mass is 35.5. The van der Waals surface area contributed by atoms with Gasteiger partial charge < -0.3 is 4.74 Å². The molecule has 0 aliphatic carbocycles. The Kier molecular flexibility index (Phi) is 6.44. The third-order valence-corrected chi connectivity index (χ3v) is 3.57. The van der Waals surface area contributed by atoms with Crippen molar-refractivity contribution >= 4 is 46.9 Å². The molecule has 1 heterocycles. The summed E-state index contributed by atoms with van der Waals surface area (Å²) >= 11 is 18.0. The summed E-state index contributed by atoms with van der Waals surface area (Å²) in [6, 6.07) is 6.28. The maximum Gasteiger partial charge on any atom is 0.274 e. The lowest BCUT2D eigenvalue weighted by Crippen LogP contribution is -2.18. The molecule has 0 bridgehead atoms. The number of carbonyl (C=O) groups is 1. The van der Waals surface area contributed by atoms with Gasteiger partial charge in [-0.15, -0.1) is 6.42 Å². The number of hydrogen-bond acceptors (Lipinski definition) is 4. The predicted octanol–water partition coefficient (Wildman–Crippen LogP) is 3.82. The van der Waals surface area contributed by atoms with Crippen LogP contribution in [0, 0.1) is 12.3 Å². The van der Waals surface area contributed by atoms with Gasteiger partial charge in [0.05, 0.1) is 21.8 Å². The first-order valence-corrected chi connectivity index (χ1v) is 7.65. The molecule has 1 amide bonds. The smallest absolute Gasteiger partial charge is 0.274 e. The Balaban J connectivity index is 2.08. The van der Waals surface area contributed by atoms with Gasteiger partial charge in [0.2, 0.25) is 0 Å². The second-order valence-electron chi connectivity index (χ2n) is 4.35. The number of nitrogens with one attached hydrogen (secondary N) is 1. The quantitative estimate of drug-likeness (QED) is 0.370. The molecule has 8 heteroatoms. The fourth-order valence-electron chi connectivity index (χ4n) is 1.69. The molecule has 2 aromatic rings. The second-order valence-corrected chi connectivity index (χ2v) is 5.52. The molecule has 0 aliphatic rings. The molecule has 0 fully saturated rings. The number of nitrogens with zero attached hydrogens (tertiary/aromatic N) is 2. The standard InChI is InChI=1S/C16H10Cl3N3O2/c1-2-6-24-14-12(17)7-10(8-13(14)18)9-21-22-16(23)11-4-3-5-20-15(11)19/h1,3-5,7-9H,6H2,(H,22,23). The van der Waals surface area contributed by atoms with Crippen molar-refractivity contribution in [3.05, 3.63) is 56.8 Å². The van der Waals surface area contributed by atoms with Crippen LogP contribution in [0.3, 0.4) is 0 Å². The molecule has 24 heavy (non-hydrogen) atoms. The molecule has 2 rings (SSSR count). The van der Waals surface area contributed by atoms with Crippen LogP contribution in [0.25, 0.3) is 0 Å². The van der Waals surface area contributed by atoms with E-state index in [2.05, 4.69) is 21.4 Å². The van der Waals surface area contributed by atoms with Crippen LogP contribution in [0.4, 0.5) is 0 Å². The van der Waals surface area contributed by atoms with Crippen molar-refractivity contribution in [2.45, 2.75) is 0 Å². The summed E-state index contributed by atoms with van der Waals surface area (Å²) < 4.78 is 5.25. The molecule has 0 spiro atoms. The number of halogens is 3. The van der Waals surface area contributed by atoms with Crippen LogP contribution < -0.4 is 10.2 Å². The van der Waals surface area contributed by atoms with Crippen molar-refractivity contribution in [2.75, 3.05) is 6.61 Å². The number of pyridine rings is 1. The minimum atomic E-state index is -0.490. The molecular formula is C16H10Cl3N3O2. The third kappa shape index (κ3) is 4.62. The van der Waals surface area contributed by atoms with Crippen LogP contribution in [0.15, 0.2) is 35.6 Å². The largest absolute Gasteiger partial charge is 0.478 e. The molecular weight excluding hydrogens is 373 g/mol. The molecule has 0 radical (unpaired) electrons. The van der Waals surface area contributed by atoms with Crippen LogP contribution >= 0.6 is 34.8 Å². The van der Waals surface area contributed by atoms with Crippen LogP contribution in [-0.2, 0) is 0 Å². The fourth-order valence-corrected chi connectivity index (χ4v) is 2.51. The molecule has 1 aromatic heterocycles. The average Bonchev–Trinajstić information content (AvgIpc) is 2.54. The average molecular weight is 383 g/mol. The monoisotopic (exact) mass is 381 g/mol. The molecule has 5 nitrogen and oxygen atoms in total. The maximum absolute atomic E-state index is 11.9. The summed E-state index contributed by atoms with van der Waals surface area (Å²) in [6.07, 6.45) is 7.98. The minimum Gasteiger partial charge on any atom is -0.478 e. The van der Waals surface area contributed by atoms with Crippen LogP contribution in [0.5, 0.6) is 5.75 Å². The van der Waals surface area contributed by atoms with E-state index in [-0.39, 0.29) is 27.4 Å². The van der Waals surface area contributed by atoms with Crippen molar-refractivity contribution in [1.82, 2.24) is 10.4 Å². The fraction of sp³-hybridized carbons (Fsp3) is 0.0625. The molecule has 1 aromatic carbocycles. The molecule has 122 valence electrons. The van der Waals surface area contributed by atoms with Gasteiger partial charge in [-0.25, -0.2) is 10.4 Å². The second kappa shape index (κ2) is 8.55. The number of hydrogen-bond donors (Lipinski definition) is 1. The van der Waals surface area contributed by atoms with Gasteiger partial charge in [-0.2, -0.15) is 5.10 Å². The zero-order valence-electron chi connectivity index (χ0n) is 12.1. The van der Waals surface area contributed by atoms with Crippen LogP contribution in [0.2, 0.25) is 15.2 Å². The zero-order chi connectivity index (χ0) is 17.5. The van der Waals surface area contributed by atoms with E-state index in [1.807, 2.05) is 0 Å². The summed E-state index contributed by atoms with van der Waals surface area (Å²) in [6.45, 7) is 0.0504. The number of rotatable bonds is 5. The van der Waals surface area contributed by atoms with E-state index in [1.165, 1.54) is 18.5 Å². The van der Waals surface area contributed by atoms with Crippen molar-refractivity contribution in [3.8, 4) is 18.1 Å². The highest BCUT2D eigenvalue weighted by Gasteiger charge is 2.10. The van der Waals surface area contributed by atoms with Gasteiger partial charge in [-0.1, -0.05) is 40.7 Å². The summed E-state index contributed by atoms with van der Waals surface area (Å²) in [5.74, 6) is 2.12. The topological polar surface area (TPSA) is 63.6 Å². The number of benzene rings is 1. The lowest BCUT2D eigenvalue weighted by molar-refractivity contribution is 0.0955. The number of amides is 1. The Morgan fingerprint density at radius 1 is 1.38 bits per heavy atom. The summed E-state index contributed by atoms with van der Waals surface area (Å²) in [5.41, 5.74) is 3.12. The van der Waals surface area contributed by atoms with Gasteiger partial charge in [-0.05, 0) is 29.8 Å². The number of terminal acetylenes is 1. The van der Waals surface area contributed by atoms with Gasteiger partial charge in [0, 0.05) is 6.20 Å². The first-order valence-electron chi connectivity index (χ1n) is 6.52. The van der Waals surface area contributed by atoms with E-state index in [0.29, 0.717) is 11.3 Å². The van der Waals surface area contributed by atoms with E-state index < -0.39 is 5.91 Å². The van der Waals surface area contributed by atoms with E-state index in [9.17, 15) is 4.79 Å². The van der Waals surface area contributed by atoms with Crippen molar-refractivity contribution < 1.29 is 9.53 Å². The minimum absolute atomic E-state index is 0.0504. The molecule has 0 aliphatic heterocycles. The Labute approximate surface area is 153 Å². The highest BCUT2D eigenvalue weighted by molar-refractivity contribution is 6.37. The summed E-state index contributed by atoms with van der Waals surface area (Å²) in [4.78, 5) is 15.7. The molecule has 0 unspecified atom stereocenters. The molecule has 0 atom stereocenters. The van der Waals surface area contributed by atoms with Crippen molar-refractivity contribution in [2.24, 2.45) is 5.10 Å². The molecule has 0 saturated heterocycles. The van der Waals surface area contributed by atoms with Crippen LogP contribution in [-0.4, -0.2) is 23.7 Å². The number of carbonyl (C=O) groups excluding carboxylic acids is 1. The van der Waals surface area contributed by atoms with E-state index >= 15 is 0 Å². The highest BCUT2D eigenvalue weighted by Crippen LogP contribution is 2.33. The van der Waals surface area contributed by atoms with Crippen LogP contribution in [0.1, 0.15) is 15.9 Å². The number of aromatic nitrogens is 1. The van der Waals surface area contributed by atoms with Gasteiger partial charge in [-0.3, -0.25) is 4.79 Å². The van der Waals surface area contributed by atoms with Gasteiger partial charge in [0.15, 0.2) is 5.75 Å². The van der Waals surface area contributed by atoms with E-state index in [1.54, 1.807) is 18.2 Å². The predicted molar refractivity (Wildman–Crippen MR) is 95.1 cm³/mol. The van der Waals surface area contributed by atoms with Gasteiger partial charge in [0.25, 0.3) is 5.91 Å². The Morgan fingerprint density at radius 3 is 2.71 bits per heavy atom. The van der Waals surface area contributed by atoms with Crippen molar-refractivity contribution in [3.63, 3.8) is 0 Å². The van der Waals surface area contributed by atoms with E-state index in [4.69, 9.17) is 46.0 Å². The molecule has 1 N–H and O–H groups in total. The van der Waals surface area contributed by atoms with E-state index in [0.717, 1.165) is 0 Å². The normalized spacial score (nSPS) is 10.4. The lowest BCUT2D eigenvalue weighted by Gasteiger charge is -2.08. The Hall–Kier alpha value is -2.26. The maximum atomic E-state index is 11.9. The SMILES string of the molecule is C#CCOc1c(Cl)cc(C=NNC(=O)c2cccnc2Cl)cc1Cl. The summed E-state index contributed by atoms with van der Waals surface area (Å²) in [5, 5.41) is 4.48. The van der Waals surface area contributed by atoms with Gasteiger partial charge >= 0.3 is 0 Å². The number of hydrazone groups is 1. The first-order chi connectivity index (χ1) is 11.5. The first kappa shape index (κ1) is 18.1. The Bertz CT molecular complexity index is 809. The number of ether oxygens (including phenoxy) is 1. The Morgan fingerprint density at radius 2 is 2.08 bits per heavy atom. The zero-order valence-corrected chi connectivity index (χ0v) is 14.4. The van der Waals surface area contributed by atoms with Crippen molar-refractivity contribution in [1.29, 1.82) is 0 Å². The van der Waals surface area contributed by atoms with Gasteiger partial charge in [0.1, 0.15) is 11.8 Å². The molecule has 0 saturated carbocycles. The lowest BCUT2D eigenvalue weighted by atomic mass is 10.2.